The molecule has 2 N–H and O–H groups in total. The molecule has 1 heterocycles. The van der Waals surface area contributed by atoms with Gasteiger partial charge in [-0.2, -0.15) is 0 Å². The van der Waals surface area contributed by atoms with Gasteiger partial charge in [-0.05, 0) is 44.4 Å². The van der Waals surface area contributed by atoms with Gasteiger partial charge in [0.2, 0.25) is 0 Å². The summed E-state index contributed by atoms with van der Waals surface area (Å²) in [5.74, 6) is -0.978. The number of aryl methyl sites for hydroxylation is 2. The Kier molecular flexibility index (Phi) is 4.21. The van der Waals surface area contributed by atoms with Crippen molar-refractivity contribution in [3.8, 4) is 5.69 Å². The number of nitrogens with zero attached hydrogens (tertiary/aromatic N) is 3. The third-order valence-corrected chi connectivity index (χ3v) is 2.90. The number of unbranched alkanes of at least 4 members (excludes halogenated alkanes) is 1. The molecule has 2 aromatic rings. The minimum atomic E-state index is -0.516. The summed E-state index contributed by atoms with van der Waals surface area (Å²) in [5, 5.41) is 7.77. The highest BCUT2D eigenvalue weighted by Crippen LogP contribution is 2.17. The molecule has 1 aromatic heterocycles. The Hall–Kier alpha value is -1.82. The van der Waals surface area contributed by atoms with Gasteiger partial charge in [0.05, 0.1) is 11.9 Å². The van der Waals surface area contributed by atoms with Crippen LogP contribution in [0.2, 0.25) is 0 Å². The fourth-order valence-electron chi connectivity index (χ4n) is 1.79. The van der Waals surface area contributed by atoms with Crippen LogP contribution in [0.1, 0.15) is 24.1 Å². The minimum absolute atomic E-state index is 0.0701. The summed E-state index contributed by atoms with van der Waals surface area (Å²) in [7, 11) is 0. The molecular formula is C13H16F2N4. The maximum Gasteiger partial charge on any atom is 0.149 e. The van der Waals surface area contributed by atoms with Crippen LogP contribution < -0.4 is 5.73 Å². The lowest BCUT2D eigenvalue weighted by Crippen LogP contribution is -2.01. The highest BCUT2D eigenvalue weighted by atomic mass is 19.1. The SMILES string of the molecule is Cc1cc(F)c(-n2cc(CCCCN)nn2)cc1F. The van der Waals surface area contributed by atoms with Crippen molar-refractivity contribution in [2.24, 2.45) is 5.73 Å². The first-order valence-corrected chi connectivity index (χ1v) is 6.19. The zero-order chi connectivity index (χ0) is 13.8. The molecule has 6 heteroatoms. The van der Waals surface area contributed by atoms with Crippen molar-refractivity contribution in [1.29, 1.82) is 0 Å². The number of hydrogen-bond acceptors (Lipinski definition) is 3. The molecule has 0 fully saturated rings. The van der Waals surface area contributed by atoms with Gasteiger partial charge in [0.1, 0.15) is 17.3 Å². The average molecular weight is 266 g/mol. The molecule has 0 radical (unpaired) electrons. The fourth-order valence-corrected chi connectivity index (χ4v) is 1.79. The molecule has 0 bridgehead atoms. The van der Waals surface area contributed by atoms with Crippen molar-refractivity contribution in [3.05, 3.63) is 41.2 Å². The van der Waals surface area contributed by atoms with Crippen molar-refractivity contribution in [2.45, 2.75) is 26.2 Å². The predicted octanol–water partition coefficient (Wildman–Crippen LogP) is 2.14. The number of rotatable bonds is 5. The van der Waals surface area contributed by atoms with Gasteiger partial charge in [0.15, 0.2) is 0 Å². The summed E-state index contributed by atoms with van der Waals surface area (Å²) >= 11 is 0. The molecule has 0 aliphatic heterocycles. The van der Waals surface area contributed by atoms with Gasteiger partial charge < -0.3 is 5.73 Å². The van der Waals surface area contributed by atoms with E-state index >= 15 is 0 Å². The maximum absolute atomic E-state index is 13.8. The lowest BCUT2D eigenvalue weighted by Gasteiger charge is -2.04. The van der Waals surface area contributed by atoms with Crippen molar-refractivity contribution < 1.29 is 8.78 Å². The molecule has 102 valence electrons. The summed E-state index contributed by atoms with van der Waals surface area (Å²) < 4.78 is 28.5. The molecule has 0 atom stereocenters. The molecule has 0 aliphatic rings. The van der Waals surface area contributed by atoms with E-state index in [-0.39, 0.29) is 11.3 Å². The van der Waals surface area contributed by atoms with Crippen molar-refractivity contribution in [1.82, 2.24) is 15.0 Å². The average Bonchev–Trinajstić information content (AvgIpc) is 2.83. The Balaban J connectivity index is 2.20. The van der Waals surface area contributed by atoms with E-state index in [2.05, 4.69) is 10.3 Å². The van der Waals surface area contributed by atoms with Crippen LogP contribution in [0.15, 0.2) is 18.3 Å². The normalized spacial score (nSPS) is 10.9. The molecule has 4 nitrogen and oxygen atoms in total. The summed E-state index contributed by atoms with van der Waals surface area (Å²) in [5.41, 5.74) is 6.49. The van der Waals surface area contributed by atoms with Gasteiger partial charge in [-0.3, -0.25) is 0 Å². The second-order valence-electron chi connectivity index (χ2n) is 4.45. The van der Waals surface area contributed by atoms with E-state index < -0.39 is 11.6 Å². The summed E-state index contributed by atoms with van der Waals surface area (Å²) in [6.07, 6.45) is 4.15. The number of nitrogens with two attached hydrogens (primary N) is 1. The number of halogens is 2. The molecule has 19 heavy (non-hydrogen) atoms. The van der Waals surface area contributed by atoms with Crippen LogP contribution in [-0.2, 0) is 6.42 Å². The van der Waals surface area contributed by atoms with Crippen LogP contribution in [0, 0.1) is 18.6 Å². The Morgan fingerprint density at radius 3 is 2.74 bits per heavy atom. The molecule has 0 saturated carbocycles. The van der Waals surface area contributed by atoms with E-state index in [0.717, 1.165) is 37.1 Å². The van der Waals surface area contributed by atoms with Gasteiger partial charge >= 0.3 is 0 Å². The number of hydrogen-bond donors (Lipinski definition) is 1. The first-order chi connectivity index (χ1) is 9.11. The Labute approximate surface area is 110 Å². The highest BCUT2D eigenvalue weighted by molar-refractivity contribution is 5.36. The van der Waals surface area contributed by atoms with E-state index in [1.807, 2.05) is 0 Å². The van der Waals surface area contributed by atoms with Crippen LogP contribution in [0.5, 0.6) is 0 Å². The van der Waals surface area contributed by atoms with Gasteiger partial charge in [-0.15, -0.1) is 5.10 Å². The largest absolute Gasteiger partial charge is 0.330 e. The second kappa shape index (κ2) is 5.88. The standard InChI is InChI=1S/C13H16F2N4/c1-9-6-12(15)13(7-11(9)14)19-8-10(17-18-19)4-2-3-5-16/h6-8H,2-5,16H2,1H3. The topological polar surface area (TPSA) is 56.7 Å². The highest BCUT2D eigenvalue weighted by Gasteiger charge is 2.11. The summed E-state index contributed by atoms with van der Waals surface area (Å²) in [4.78, 5) is 0. The molecular weight excluding hydrogens is 250 g/mol. The number of aromatic nitrogens is 3. The van der Waals surface area contributed by atoms with Gasteiger partial charge in [-0.1, -0.05) is 5.21 Å². The van der Waals surface area contributed by atoms with Gasteiger partial charge in [0.25, 0.3) is 0 Å². The zero-order valence-electron chi connectivity index (χ0n) is 10.7. The van der Waals surface area contributed by atoms with Crippen LogP contribution in [-0.4, -0.2) is 21.5 Å². The Morgan fingerprint density at radius 1 is 1.21 bits per heavy atom. The van der Waals surface area contributed by atoms with Crippen LogP contribution >= 0.6 is 0 Å². The molecule has 0 saturated heterocycles. The third-order valence-electron chi connectivity index (χ3n) is 2.90. The molecule has 2 rings (SSSR count). The fraction of sp³-hybridized carbons (Fsp3) is 0.385. The van der Waals surface area contributed by atoms with Crippen LogP contribution in [0.3, 0.4) is 0 Å². The van der Waals surface area contributed by atoms with Crippen LogP contribution in [0.4, 0.5) is 8.78 Å². The third kappa shape index (κ3) is 3.14. The summed E-state index contributed by atoms with van der Waals surface area (Å²) in [6, 6.07) is 2.28. The zero-order valence-corrected chi connectivity index (χ0v) is 10.7. The Bertz CT molecular complexity index is 566. The molecule has 0 aliphatic carbocycles. The maximum atomic E-state index is 13.8. The Morgan fingerprint density at radius 2 is 2.00 bits per heavy atom. The van der Waals surface area contributed by atoms with Gasteiger partial charge in [0, 0.05) is 6.07 Å². The number of benzene rings is 1. The predicted molar refractivity (Wildman–Crippen MR) is 68.0 cm³/mol. The van der Waals surface area contributed by atoms with E-state index in [0.29, 0.717) is 6.54 Å². The lowest BCUT2D eigenvalue weighted by atomic mass is 10.2. The van der Waals surface area contributed by atoms with Crippen molar-refractivity contribution in [3.63, 3.8) is 0 Å². The quantitative estimate of drug-likeness (QED) is 0.843. The molecule has 1 aromatic carbocycles. The van der Waals surface area contributed by atoms with Crippen LogP contribution in [0.25, 0.3) is 5.69 Å². The smallest absolute Gasteiger partial charge is 0.149 e. The molecule has 0 unspecified atom stereocenters. The first-order valence-electron chi connectivity index (χ1n) is 6.19. The lowest BCUT2D eigenvalue weighted by molar-refractivity contribution is 0.578. The van der Waals surface area contributed by atoms with Crippen molar-refractivity contribution in [2.75, 3.05) is 6.54 Å². The minimum Gasteiger partial charge on any atom is -0.330 e. The van der Waals surface area contributed by atoms with E-state index in [1.54, 1.807) is 6.20 Å². The second-order valence-corrected chi connectivity index (χ2v) is 4.45. The molecule has 0 amide bonds. The first kappa shape index (κ1) is 13.6. The monoisotopic (exact) mass is 266 g/mol. The molecule has 0 spiro atoms. The van der Waals surface area contributed by atoms with Crippen molar-refractivity contribution >= 4 is 0 Å². The van der Waals surface area contributed by atoms with E-state index in [1.165, 1.54) is 11.6 Å². The van der Waals surface area contributed by atoms with E-state index in [9.17, 15) is 8.78 Å². The van der Waals surface area contributed by atoms with Gasteiger partial charge in [-0.25, -0.2) is 13.5 Å². The van der Waals surface area contributed by atoms with E-state index in [4.69, 9.17) is 5.73 Å². The summed E-state index contributed by atoms with van der Waals surface area (Å²) in [6.45, 7) is 2.15.